The molecule has 0 amide bonds. The zero-order chi connectivity index (χ0) is 16.1. The van der Waals surface area contributed by atoms with Crippen molar-refractivity contribution >= 4 is 21.8 Å². The van der Waals surface area contributed by atoms with Crippen LogP contribution in [0.25, 0.3) is 0 Å². The molecule has 0 aliphatic carbocycles. The lowest BCUT2D eigenvalue weighted by Crippen LogP contribution is -2.39. The van der Waals surface area contributed by atoms with Crippen LogP contribution in [-0.4, -0.2) is 26.0 Å². The summed E-state index contributed by atoms with van der Waals surface area (Å²) in [5.41, 5.74) is -0.451. The van der Waals surface area contributed by atoms with Crippen LogP contribution in [0.15, 0.2) is 23.1 Å². The Balaban J connectivity index is 3.09. The molecule has 0 aliphatic rings. The Kier molecular flexibility index (Phi) is 6.20. The standard InChI is InChI=1S/C14H19FN2O2S2/c1-4-14(5-2,20-3)10-17-21(18,19)13-8-6-7-12(15)11(13)9-16/h6-8,17H,4-5,10H2,1-3H3. The highest BCUT2D eigenvalue weighted by Gasteiger charge is 2.29. The summed E-state index contributed by atoms with van der Waals surface area (Å²) in [6, 6.07) is 5.20. The van der Waals surface area contributed by atoms with Gasteiger partial charge in [0.15, 0.2) is 0 Å². The van der Waals surface area contributed by atoms with Crippen molar-refractivity contribution in [2.24, 2.45) is 0 Å². The van der Waals surface area contributed by atoms with Gasteiger partial charge in [-0.3, -0.25) is 0 Å². The Hall–Kier alpha value is -1.10. The summed E-state index contributed by atoms with van der Waals surface area (Å²) in [6.45, 7) is 4.24. The van der Waals surface area contributed by atoms with Gasteiger partial charge in [0.2, 0.25) is 10.0 Å². The molecule has 0 spiro atoms. The Morgan fingerprint density at radius 1 is 1.38 bits per heavy atom. The van der Waals surface area contributed by atoms with Gasteiger partial charge in [0.1, 0.15) is 22.3 Å². The van der Waals surface area contributed by atoms with E-state index in [1.54, 1.807) is 17.8 Å². The second-order valence-electron chi connectivity index (χ2n) is 4.64. The van der Waals surface area contributed by atoms with E-state index in [-0.39, 0.29) is 16.2 Å². The van der Waals surface area contributed by atoms with Crippen molar-refractivity contribution in [1.29, 1.82) is 5.26 Å². The van der Waals surface area contributed by atoms with E-state index >= 15 is 0 Å². The quantitative estimate of drug-likeness (QED) is 0.834. The lowest BCUT2D eigenvalue weighted by atomic mass is 10.0. The van der Waals surface area contributed by atoms with Crippen LogP contribution in [0.2, 0.25) is 0 Å². The normalized spacial score (nSPS) is 12.1. The molecule has 1 rings (SSSR count). The lowest BCUT2D eigenvalue weighted by Gasteiger charge is -2.29. The zero-order valence-electron chi connectivity index (χ0n) is 12.3. The molecule has 0 aromatic heterocycles. The highest BCUT2D eigenvalue weighted by Crippen LogP contribution is 2.30. The summed E-state index contributed by atoms with van der Waals surface area (Å²) in [4.78, 5) is -0.313. The van der Waals surface area contributed by atoms with Gasteiger partial charge in [0.05, 0.1) is 0 Å². The number of hydrogen-bond acceptors (Lipinski definition) is 4. The van der Waals surface area contributed by atoms with Crippen molar-refractivity contribution in [2.45, 2.75) is 36.3 Å². The first-order valence-corrected chi connectivity index (χ1v) is 9.30. The number of nitrogens with zero attached hydrogens (tertiary/aromatic N) is 1. The molecule has 7 heteroatoms. The molecule has 0 heterocycles. The van der Waals surface area contributed by atoms with E-state index in [0.717, 1.165) is 18.9 Å². The van der Waals surface area contributed by atoms with E-state index in [4.69, 9.17) is 5.26 Å². The number of sulfonamides is 1. The van der Waals surface area contributed by atoms with Gasteiger partial charge in [-0.25, -0.2) is 17.5 Å². The number of rotatable bonds is 7. The van der Waals surface area contributed by atoms with Crippen LogP contribution in [0.1, 0.15) is 32.3 Å². The average molecular weight is 330 g/mol. The minimum absolute atomic E-state index is 0.201. The van der Waals surface area contributed by atoms with Crippen molar-refractivity contribution in [3.63, 3.8) is 0 Å². The second-order valence-corrected chi connectivity index (χ2v) is 7.65. The van der Waals surface area contributed by atoms with Crippen molar-refractivity contribution in [3.8, 4) is 6.07 Å². The fourth-order valence-corrected chi connectivity index (χ4v) is 4.18. The Bertz CT molecular complexity index is 627. The van der Waals surface area contributed by atoms with Gasteiger partial charge in [-0.1, -0.05) is 19.9 Å². The Morgan fingerprint density at radius 3 is 2.48 bits per heavy atom. The van der Waals surface area contributed by atoms with Crippen LogP contribution in [0, 0.1) is 17.1 Å². The summed E-state index contributed by atoms with van der Waals surface area (Å²) in [5.74, 6) is -0.831. The van der Waals surface area contributed by atoms with Gasteiger partial charge in [-0.2, -0.15) is 17.0 Å². The molecule has 1 aromatic carbocycles. The summed E-state index contributed by atoms with van der Waals surface area (Å²) in [6.07, 6.45) is 3.55. The maximum Gasteiger partial charge on any atom is 0.242 e. The molecule has 0 atom stereocenters. The molecule has 0 saturated heterocycles. The first-order valence-electron chi connectivity index (χ1n) is 6.59. The summed E-state index contributed by atoms with van der Waals surface area (Å²) >= 11 is 1.60. The molecule has 4 nitrogen and oxygen atoms in total. The topological polar surface area (TPSA) is 70.0 Å². The fourth-order valence-electron chi connectivity index (χ4n) is 2.00. The van der Waals surface area contributed by atoms with E-state index < -0.39 is 21.4 Å². The van der Waals surface area contributed by atoms with Crippen LogP contribution in [0.4, 0.5) is 4.39 Å². The smallest absolute Gasteiger partial charge is 0.210 e. The highest BCUT2D eigenvalue weighted by atomic mass is 32.2. The van der Waals surface area contributed by atoms with Gasteiger partial charge in [0, 0.05) is 11.3 Å². The van der Waals surface area contributed by atoms with E-state index in [9.17, 15) is 12.8 Å². The van der Waals surface area contributed by atoms with E-state index in [0.29, 0.717) is 0 Å². The summed E-state index contributed by atoms with van der Waals surface area (Å²) in [5, 5.41) is 8.94. The Labute approximate surface area is 129 Å². The fraction of sp³-hybridized carbons (Fsp3) is 0.500. The van der Waals surface area contributed by atoms with Crippen molar-refractivity contribution in [3.05, 3.63) is 29.6 Å². The van der Waals surface area contributed by atoms with Crippen LogP contribution in [0.3, 0.4) is 0 Å². The summed E-state index contributed by atoms with van der Waals surface area (Å²) < 4.78 is 40.5. The first kappa shape index (κ1) is 18.0. The van der Waals surface area contributed by atoms with Crippen LogP contribution in [0.5, 0.6) is 0 Å². The number of benzene rings is 1. The van der Waals surface area contributed by atoms with E-state index in [2.05, 4.69) is 4.72 Å². The molecule has 0 unspecified atom stereocenters. The van der Waals surface area contributed by atoms with Crippen molar-refractivity contribution < 1.29 is 12.8 Å². The van der Waals surface area contributed by atoms with Gasteiger partial charge >= 0.3 is 0 Å². The predicted molar refractivity (Wildman–Crippen MR) is 83.1 cm³/mol. The molecule has 1 N–H and O–H groups in total. The van der Waals surface area contributed by atoms with Crippen LogP contribution >= 0.6 is 11.8 Å². The van der Waals surface area contributed by atoms with Crippen molar-refractivity contribution in [1.82, 2.24) is 4.72 Å². The van der Waals surface area contributed by atoms with Gasteiger partial charge in [0.25, 0.3) is 0 Å². The molecule has 1 aromatic rings. The maximum atomic E-state index is 13.5. The number of nitriles is 1. The monoisotopic (exact) mass is 330 g/mol. The molecular weight excluding hydrogens is 311 g/mol. The van der Waals surface area contributed by atoms with Gasteiger partial charge < -0.3 is 0 Å². The molecule has 0 fully saturated rings. The summed E-state index contributed by atoms with van der Waals surface area (Å²) in [7, 11) is -3.91. The van der Waals surface area contributed by atoms with E-state index in [1.807, 2.05) is 20.1 Å². The van der Waals surface area contributed by atoms with E-state index in [1.165, 1.54) is 12.1 Å². The number of halogens is 1. The Morgan fingerprint density at radius 2 is 2.00 bits per heavy atom. The molecule has 116 valence electrons. The third kappa shape index (κ3) is 3.96. The minimum atomic E-state index is -3.91. The number of thioether (sulfide) groups is 1. The van der Waals surface area contributed by atoms with Gasteiger partial charge in [-0.05, 0) is 31.2 Å². The lowest BCUT2D eigenvalue weighted by molar-refractivity contribution is 0.521. The number of hydrogen-bond donors (Lipinski definition) is 1. The third-order valence-electron chi connectivity index (χ3n) is 3.68. The molecule has 21 heavy (non-hydrogen) atoms. The predicted octanol–water partition coefficient (Wildman–Crippen LogP) is 2.90. The highest BCUT2D eigenvalue weighted by molar-refractivity contribution is 8.00. The SMILES string of the molecule is CCC(CC)(CNS(=O)(=O)c1cccc(F)c1C#N)SC. The third-order valence-corrected chi connectivity index (χ3v) is 6.71. The molecule has 0 bridgehead atoms. The average Bonchev–Trinajstić information content (AvgIpc) is 2.49. The van der Waals surface area contributed by atoms with Crippen LogP contribution in [-0.2, 0) is 10.0 Å². The van der Waals surface area contributed by atoms with Crippen molar-refractivity contribution in [2.75, 3.05) is 12.8 Å². The second kappa shape index (κ2) is 7.25. The number of nitrogens with one attached hydrogen (secondary N) is 1. The van der Waals surface area contributed by atoms with Crippen LogP contribution < -0.4 is 4.72 Å². The first-order chi connectivity index (χ1) is 9.85. The maximum absolute atomic E-state index is 13.5. The molecular formula is C14H19FN2O2S2. The zero-order valence-corrected chi connectivity index (χ0v) is 13.9. The molecule has 0 saturated carbocycles. The molecule has 0 radical (unpaired) electrons. The minimum Gasteiger partial charge on any atom is -0.210 e. The molecule has 0 aliphatic heterocycles. The van der Waals surface area contributed by atoms with Gasteiger partial charge in [-0.15, -0.1) is 0 Å². The largest absolute Gasteiger partial charge is 0.242 e.